The molecule has 2 bridgehead atoms. The van der Waals surface area contributed by atoms with E-state index in [1.165, 1.54) is 0 Å². The number of anilines is 2. The molecule has 0 amide bonds. The van der Waals surface area contributed by atoms with E-state index in [1.54, 1.807) is 0 Å². The number of ether oxygens (including phenoxy) is 2. The summed E-state index contributed by atoms with van der Waals surface area (Å²) < 4.78 is 11.2. The average Bonchev–Trinajstić information content (AvgIpc) is 2.87. The predicted molar refractivity (Wildman–Crippen MR) is 139 cm³/mol. The van der Waals surface area contributed by atoms with E-state index in [-0.39, 0.29) is 11.9 Å². The molecule has 0 aromatic heterocycles. The molecular weight excluding hydrogens is 440 g/mol. The number of nitrogens with zero attached hydrogens (tertiary/aromatic N) is 2. The first-order valence-electron chi connectivity index (χ1n) is 13.2. The third kappa shape index (κ3) is 5.80. The van der Waals surface area contributed by atoms with Crippen LogP contribution in [0.25, 0.3) is 0 Å². The zero-order chi connectivity index (χ0) is 24.6. The lowest BCUT2D eigenvalue weighted by Gasteiger charge is -2.45. The number of unbranched alkanes of at least 4 members (excludes halogenated alkanes) is 6. The van der Waals surface area contributed by atoms with Crippen LogP contribution >= 0.6 is 0 Å². The summed E-state index contributed by atoms with van der Waals surface area (Å²) in [7, 11) is 0. The number of esters is 2. The molecule has 0 radical (unpaired) electrons. The number of carbonyl (C=O) groups excluding carboxylic acids is 2. The van der Waals surface area contributed by atoms with Crippen molar-refractivity contribution in [3.05, 3.63) is 58.7 Å². The number of rotatable bonds is 12. The van der Waals surface area contributed by atoms with Gasteiger partial charge in [0.05, 0.1) is 31.0 Å². The fourth-order valence-electron chi connectivity index (χ4n) is 5.01. The predicted octanol–water partition coefficient (Wildman–Crippen LogP) is 6.46. The summed E-state index contributed by atoms with van der Waals surface area (Å²) in [5.41, 5.74) is 5.33. The van der Waals surface area contributed by atoms with Gasteiger partial charge >= 0.3 is 11.9 Å². The smallest absolute Gasteiger partial charge is 0.338 e. The molecule has 188 valence electrons. The largest absolute Gasteiger partial charge is 0.462 e. The minimum Gasteiger partial charge on any atom is -0.462 e. The fraction of sp³-hybridized carbons (Fsp3) is 0.517. The molecule has 6 nitrogen and oxygen atoms in total. The van der Waals surface area contributed by atoms with Crippen molar-refractivity contribution in [2.45, 2.75) is 78.3 Å². The van der Waals surface area contributed by atoms with Crippen LogP contribution in [0.5, 0.6) is 0 Å². The molecule has 2 heterocycles. The molecule has 0 atom stereocenters. The molecule has 0 saturated carbocycles. The quantitative estimate of drug-likeness (QED) is 0.258. The van der Waals surface area contributed by atoms with Gasteiger partial charge < -0.3 is 19.3 Å². The van der Waals surface area contributed by atoms with Crippen LogP contribution < -0.4 is 9.80 Å². The van der Waals surface area contributed by atoms with Gasteiger partial charge in [-0.3, -0.25) is 0 Å². The Morgan fingerprint density at radius 3 is 1.57 bits per heavy atom. The van der Waals surface area contributed by atoms with E-state index in [0.717, 1.165) is 80.5 Å². The molecule has 0 spiro atoms. The van der Waals surface area contributed by atoms with Crippen molar-refractivity contribution < 1.29 is 19.1 Å². The first-order valence-corrected chi connectivity index (χ1v) is 13.2. The zero-order valence-corrected chi connectivity index (χ0v) is 21.2. The standard InChI is InChI=1S/C29H38N2O4/c1-3-5-7-9-17-34-28(32)22-13-11-15-26-24(22)19-30-21-31(26)20-25-23(14-12-16-27(25)30)29(33)35-18-10-8-6-4-2/h11-16H,3-10,17-21H2,1-2H3. The molecule has 0 fully saturated rings. The third-order valence-corrected chi connectivity index (χ3v) is 6.93. The normalized spacial score (nSPS) is 13.8. The second-order valence-corrected chi connectivity index (χ2v) is 9.54. The average molecular weight is 479 g/mol. The molecule has 2 aliphatic rings. The van der Waals surface area contributed by atoms with Crippen molar-refractivity contribution in [3.63, 3.8) is 0 Å². The van der Waals surface area contributed by atoms with E-state index in [4.69, 9.17) is 9.47 Å². The minimum atomic E-state index is -0.249. The summed E-state index contributed by atoms with van der Waals surface area (Å²) >= 11 is 0. The molecular formula is C29H38N2O4. The Hall–Kier alpha value is -3.02. The highest BCUT2D eigenvalue weighted by Gasteiger charge is 2.34. The molecule has 0 aliphatic carbocycles. The highest BCUT2D eigenvalue weighted by molar-refractivity contribution is 5.95. The van der Waals surface area contributed by atoms with Crippen molar-refractivity contribution in [2.75, 3.05) is 29.7 Å². The zero-order valence-electron chi connectivity index (χ0n) is 21.2. The molecule has 4 rings (SSSR count). The minimum absolute atomic E-state index is 0.249. The molecule has 6 heteroatoms. The lowest BCUT2D eigenvalue weighted by Crippen LogP contribution is -2.47. The van der Waals surface area contributed by atoms with Crippen molar-refractivity contribution in [3.8, 4) is 0 Å². The molecule has 0 N–H and O–H groups in total. The van der Waals surface area contributed by atoms with Gasteiger partial charge in [0, 0.05) is 35.6 Å². The highest BCUT2D eigenvalue weighted by Crippen LogP contribution is 2.40. The van der Waals surface area contributed by atoms with Gasteiger partial charge in [0.15, 0.2) is 0 Å². The van der Waals surface area contributed by atoms with Crippen LogP contribution in [0.3, 0.4) is 0 Å². The molecule has 2 aliphatic heterocycles. The van der Waals surface area contributed by atoms with Gasteiger partial charge in [0.1, 0.15) is 0 Å². The second kappa shape index (κ2) is 12.1. The Morgan fingerprint density at radius 2 is 1.14 bits per heavy atom. The van der Waals surface area contributed by atoms with E-state index >= 15 is 0 Å². The van der Waals surface area contributed by atoms with Crippen LogP contribution in [0.1, 0.15) is 97.1 Å². The number of fused-ring (bicyclic) bond motifs is 6. The maximum atomic E-state index is 12.9. The van der Waals surface area contributed by atoms with E-state index in [2.05, 4.69) is 35.8 Å². The van der Waals surface area contributed by atoms with Gasteiger partial charge in [-0.2, -0.15) is 0 Å². The fourth-order valence-corrected chi connectivity index (χ4v) is 5.01. The summed E-state index contributed by atoms with van der Waals surface area (Å²) in [4.78, 5) is 30.3. The lowest BCUT2D eigenvalue weighted by molar-refractivity contribution is 0.0487. The summed E-state index contributed by atoms with van der Waals surface area (Å²) in [5, 5.41) is 0. The van der Waals surface area contributed by atoms with Crippen LogP contribution in [0.2, 0.25) is 0 Å². The number of carbonyl (C=O) groups is 2. The van der Waals surface area contributed by atoms with Gasteiger partial charge in [0.2, 0.25) is 0 Å². The SMILES string of the molecule is CCCCCCOC(=O)c1cccc2c1CN1CN2Cc2c(C(=O)OCCCCCC)cccc21. The number of benzene rings is 2. The first-order chi connectivity index (χ1) is 17.1. The van der Waals surface area contributed by atoms with Crippen LogP contribution in [-0.2, 0) is 22.6 Å². The Labute approximate surface area is 209 Å². The second-order valence-electron chi connectivity index (χ2n) is 9.54. The molecule has 2 aromatic carbocycles. The maximum absolute atomic E-state index is 12.9. The molecule has 0 unspecified atom stereocenters. The lowest BCUT2D eigenvalue weighted by atomic mass is 9.95. The molecule has 0 saturated heterocycles. The van der Waals surface area contributed by atoms with E-state index in [9.17, 15) is 9.59 Å². The van der Waals surface area contributed by atoms with Crippen LogP contribution in [-0.4, -0.2) is 31.8 Å². The van der Waals surface area contributed by atoms with E-state index in [0.29, 0.717) is 37.4 Å². The van der Waals surface area contributed by atoms with Crippen LogP contribution in [0, 0.1) is 0 Å². The van der Waals surface area contributed by atoms with E-state index in [1.807, 2.05) is 24.3 Å². The maximum Gasteiger partial charge on any atom is 0.338 e. The van der Waals surface area contributed by atoms with Gasteiger partial charge in [-0.25, -0.2) is 9.59 Å². The molecule has 35 heavy (non-hydrogen) atoms. The Bertz CT molecular complexity index is 954. The van der Waals surface area contributed by atoms with Gasteiger partial charge in [-0.05, 0) is 37.1 Å². The van der Waals surface area contributed by atoms with Gasteiger partial charge in [-0.15, -0.1) is 0 Å². The topological polar surface area (TPSA) is 59.1 Å². The van der Waals surface area contributed by atoms with Gasteiger partial charge in [0.25, 0.3) is 0 Å². The Balaban J connectivity index is 1.48. The molecule has 2 aromatic rings. The van der Waals surface area contributed by atoms with Crippen molar-refractivity contribution in [1.82, 2.24) is 0 Å². The summed E-state index contributed by atoms with van der Waals surface area (Å²) in [6.45, 7) is 7.20. The van der Waals surface area contributed by atoms with E-state index < -0.39 is 0 Å². The first kappa shape index (κ1) is 25.1. The third-order valence-electron chi connectivity index (χ3n) is 6.93. The summed E-state index contributed by atoms with van der Waals surface area (Å²) in [6, 6.07) is 11.7. The van der Waals surface area contributed by atoms with Crippen LogP contribution in [0.4, 0.5) is 11.4 Å². The van der Waals surface area contributed by atoms with Crippen LogP contribution in [0.15, 0.2) is 36.4 Å². The number of hydrogen-bond donors (Lipinski definition) is 0. The van der Waals surface area contributed by atoms with Gasteiger partial charge in [-0.1, -0.05) is 64.5 Å². The number of hydrogen-bond acceptors (Lipinski definition) is 6. The summed E-state index contributed by atoms with van der Waals surface area (Å²) in [5.74, 6) is -0.498. The Kier molecular flexibility index (Phi) is 8.67. The Morgan fingerprint density at radius 1 is 0.686 bits per heavy atom. The summed E-state index contributed by atoms with van der Waals surface area (Å²) in [6.07, 6.45) is 8.61. The monoisotopic (exact) mass is 478 g/mol. The highest BCUT2D eigenvalue weighted by atomic mass is 16.5. The van der Waals surface area contributed by atoms with Crippen molar-refractivity contribution in [1.29, 1.82) is 0 Å². The van der Waals surface area contributed by atoms with Crippen molar-refractivity contribution in [2.24, 2.45) is 0 Å². The van der Waals surface area contributed by atoms with Crippen molar-refractivity contribution >= 4 is 23.3 Å².